The van der Waals surface area contributed by atoms with Crippen LogP contribution in [0, 0.1) is 16.7 Å². The van der Waals surface area contributed by atoms with Crippen molar-refractivity contribution in [1.82, 2.24) is 10.2 Å². The van der Waals surface area contributed by atoms with Crippen molar-refractivity contribution in [3.05, 3.63) is 95.1 Å². The van der Waals surface area contributed by atoms with Crippen molar-refractivity contribution in [3.63, 3.8) is 0 Å². The Labute approximate surface area is 284 Å². The van der Waals surface area contributed by atoms with Crippen LogP contribution in [-0.2, 0) is 32.2 Å². The quantitative estimate of drug-likeness (QED) is 0.204. The summed E-state index contributed by atoms with van der Waals surface area (Å²) >= 11 is 0. The number of likely N-dealkylation sites (tertiary alicyclic amines) is 1. The Morgan fingerprint density at radius 2 is 1.62 bits per heavy atom. The number of hydrogen-bond donors (Lipinski definition) is 3. The molecule has 256 valence electrons. The van der Waals surface area contributed by atoms with E-state index in [-0.39, 0.29) is 43.5 Å². The maximum Gasteiger partial charge on any atom is 0.303 e. The van der Waals surface area contributed by atoms with Gasteiger partial charge in [0.25, 0.3) is 0 Å². The Morgan fingerprint density at radius 3 is 2.33 bits per heavy atom. The SMILES string of the molecule is C[C@H]1[C@@H](CN2CC3(C)CC2CC(C)(C)C3)O[C@@H](c2ccc(-c3cccc(CNC(=O)CCC(=O)O)c3)cc2)O[C@H]1c1ccc(CO)cc1. The number of hydrogen-bond acceptors (Lipinski definition) is 6. The summed E-state index contributed by atoms with van der Waals surface area (Å²) in [5.74, 6) is -1.13. The molecule has 3 fully saturated rings. The van der Waals surface area contributed by atoms with Crippen LogP contribution in [0.15, 0.2) is 72.8 Å². The van der Waals surface area contributed by atoms with E-state index >= 15 is 0 Å². The third-order valence-electron chi connectivity index (χ3n) is 10.6. The topological polar surface area (TPSA) is 108 Å². The lowest BCUT2D eigenvalue weighted by Crippen LogP contribution is -2.46. The average molecular weight is 655 g/mol. The number of fused-ring (bicyclic) bond motifs is 2. The fraction of sp³-hybridized carbons (Fsp3) is 0.500. The molecule has 2 bridgehead atoms. The van der Waals surface area contributed by atoms with Crippen molar-refractivity contribution in [2.75, 3.05) is 13.1 Å². The third-order valence-corrected chi connectivity index (χ3v) is 10.6. The summed E-state index contributed by atoms with van der Waals surface area (Å²) in [6.07, 6.45) is 2.82. The Bertz CT molecular complexity index is 1590. The summed E-state index contributed by atoms with van der Waals surface area (Å²) in [6, 6.07) is 25.0. The van der Waals surface area contributed by atoms with Gasteiger partial charge in [0.15, 0.2) is 6.29 Å². The molecule has 2 unspecified atom stereocenters. The number of rotatable bonds is 11. The summed E-state index contributed by atoms with van der Waals surface area (Å²) in [6.45, 7) is 11.9. The van der Waals surface area contributed by atoms with E-state index in [0.29, 0.717) is 23.4 Å². The van der Waals surface area contributed by atoms with Gasteiger partial charge in [0.1, 0.15) is 0 Å². The second-order valence-corrected chi connectivity index (χ2v) is 15.5. The molecule has 48 heavy (non-hydrogen) atoms. The molecule has 8 heteroatoms. The van der Waals surface area contributed by atoms with Gasteiger partial charge in [-0.1, -0.05) is 94.4 Å². The molecule has 8 nitrogen and oxygen atoms in total. The van der Waals surface area contributed by atoms with Crippen LogP contribution in [0.25, 0.3) is 11.1 Å². The second-order valence-electron chi connectivity index (χ2n) is 15.5. The normalized spacial score (nSPS) is 28.2. The maximum atomic E-state index is 12.0. The molecule has 1 amide bonds. The first-order valence-electron chi connectivity index (χ1n) is 17.3. The number of aliphatic hydroxyl groups is 1. The molecule has 2 aliphatic heterocycles. The van der Waals surface area contributed by atoms with E-state index in [0.717, 1.165) is 46.5 Å². The zero-order valence-electron chi connectivity index (χ0n) is 28.7. The van der Waals surface area contributed by atoms with Gasteiger partial charge in [-0.05, 0) is 64.0 Å². The van der Waals surface area contributed by atoms with Crippen molar-refractivity contribution >= 4 is 11.9 Å². The van der Waals surface area contributed by atoms with E-state index in [1.165, 1.54) is 19.3 Å². The third kappa shape index (κ3) is 8.00. The molecule has 0 spiro atoms. The monoisotopic (exact) mass is 654 g/mol. The molecule has 3 N–H and O–H groups in total. The number of ether oxygens (including phenoxy) is 2. The number of carbonyl (C=O) groups excluding carboxylic acids is 1. The Morgan fingerprint density at radius 1 is 0.896 bits per heavy atom. The minimum absolute atomic E-state index is 0.0118. The smallest absolute Gasteiger partial charge is 0.303 e. The number of carbonyl (C=O) groups is 2. The largest absolute Gasteiger partial charge is 0.481 e. The predicted molar refractivity (Wildman–Crippen MR) is 185 cm³/mol. The Balaban J connectivity index is 1.19. The molecule has 3 aliphatic rings. The maximum absolute atomic E-state index is 12.0. The molecule has 2 saturated heterocycles. The molecule has 3 aromatic carbocycles. The van der Waals surface area contributed by atoms with Crippen molar-refractivity contribution in [2.24, 2.45) is 16.7 Å². The number of aliphatic hydroxyl groups excluding tert-OH is 1. The minimum atomic E-state index is -0.982. The zero-order valence-corrected chi connectivity index (χ0v) is 28.7. The van der Waals surface area contributed by atoms with E-state index in [2.05, 4.69) is 74.3 Å². The number of nitrogens with zero attached hydrogens (tertiary/aromatic N) is 1. The highest BCUT2D eigenvalue weighted by Crippen LogP contribution is 2.53. The summed E-state index contributed by atoms with van der Waals surface area (Å²) in [5, 5.41) is 21.3. The molecule has 0 aromatic heterocycles. The van der Waals surface area contributed by atoms with Crippen LogP contribution in [0.2, 0.25) is 0 Å². The van der Waals surface area contributed by atoms with Gasteiger partial charge in [-0.15, -0.1) is 0 Å². The fourth-order valence-corrected chi connectivity index (χ4v) is 8.55. The number of carboxylic acids is 1. The molecule has 1 saturated carbocycles. The van der Waals surface area contributed by atoms with Crippen LogP contribution >= 0.6 is 0 Å². The first kappa shape index (κ1) is 34.3. The molecule has 6 atom stereocenters. The molecule has 1 aliphatic carbocycles. The van der Waals surface area contributed by atoms with Gasteiger partial charge in [-0.2, -0.15) is 0 Å². The van der Waals surface area contributed by atoms with Crippen LogP contribution < -0.4 is 5.32 Å². The number of benzene rings is 3. The van der Waals surface area contributed by atoms with Crippen molar-refractivity contribution in [2.45, 2.75) is 97.5 Å². The first-order chi connectivity index (χ1) is 22.9. The van der Waals surface area contributed by atoms with Gasteiger partial charge in [0, 0.05) is 43.6 Å². The highest BCUT2D eigenvalue weighted by atomic mass is 16.7. The lowest BCUT2D eigenvalue weighted by Gasteiger charge is -2.43. The summed E-state index contributed by atoms with van der Waals surface area (Å²) in [4.78, 5) is 25.5. The molecular weight excluding hydrogens is 604 g/mol. The van der Waals surface area contributed by atoms with E-state index in [1.807, 2.05) is 36.4 Å². The van der Waals surface area contributed by atoms with Crippen LogP contribution in [-0.4, -0.2) is 52.2 Å². The minimum Gasteiger partial charge on any atom is -0.481 e. The van der Waals surface area contributed by atoms with Gasteiger partial charge >= 0.3 is 5.97 Å². The standard InChI is InChI=1S/C40H50N2O6/c1-26-34(22-42-25-40(4)20-33(42)19-39(2,3)24-40)47-38(48-37(26)30-10-8-27(23-43)9-11-30)31-14-12-29(13-15-31)32-7-5-6-28(18-32)21-41-35(44)16-17-36(45)46/h5-15,18,26,33-34,37-38,43H,16-17,19-25H2,1-4H3,(H,41,44)(H,45,46)/t26-,33?,34+,37+,38+,40?/m0/s1. The van der Waals surface area contributed by atoms with E-state index < -0.39 is 12.3 Å². The average Bonchev–Trinajstić information content (AvgIpc) is 3.30. The molecular formula is C40H50N2O6. The van der Waals surface area contributed by atoms with E-state index in [1.54, 1.807) is 0 Å². The highest BCUT2D eigenvalue weighted by molar-refractivity contribution is 5.80. The fourth-order valence-electron chi connectivity index (χ4n) is 8.55. The van der Waals surface area contributed by atoms with Gasteiger partial charge < -0.3 is 25.0 Å². The number of carboxylic acid groups (broad SMARTS) is 1. The molecule has 2 heterocycles. The van der Waals surface area contributed by atoms with Crippen LogP contribution in [0.3, 0.4) is 0 Å². The van der Waals surface area contributed by atoms with E-state index in [4.69, 9.17) is 14.6 Å². The van der Waals surface area contributed by atoms with Crippen molar-refractivity contribution < 1.29 is 29.3 Å². The summed E-state index contributed by atoms with van der Waals surface area (Å²) < 4.78 is 13.6. The lowest BCUT2D eigenvalue weighted by molar-refractivity contribution is -0.276. The zero-order chi connectivity index (χ0) is 34.1. The first-order valence-corrected chi connectivity index (χ1v) is 17.3. The molecule has 3 aromatic rings. The summed E-state index contributed by atoms with van der Waals surface area (Å²) in [5.41, 5.74) is 6.63. The van der Waals surface area contributed by atoms with Gasteiger partial charge in [0.05, 0.1) is 25.2 Å². The number of aliphatic carboxylic acids is 1. The Hall–Kier alpha value is -3.56. The molecule has 6 rings (SSSR count). The van der Waals surface area contributed by atoms with Crippen LogP contribution in [0.4, 0.5) is 0 Å². The second kappa shape index (κ2) is 14.1. The number of amides is 1. The molecule has 0 radical (unpaired) electrons. The van der Waals surface area contributed by atoms with Crippen LogP contribution in [0.1, 0.15) is 94.4 Å². The van der Waals surface area contributed by atoms with Gasteiger partial charge in [-0.3, -0.25) is 14.5 Å². The number of nitrogens with one attached hydrogen (secondary N) is 1. The lowest BCUT2D eigenvalue weighted by atomic mass is 9.65. The predicted octanol–water partition coefficient (Wildman–Crippen LogP) is 7.02. The van der Waals surface area contributed by atoms with Crippen molar-refractivity contribution in [3.8, 4) is 11.1 Å². The highest BCUT2D eigenvalue weighted by Gasteiger charge is 2.51. The Kier molecular flexibility index (Phi) is 10.1. The summed E-state index contributed by atoms with van der Waals surface area (Å²) in [7, 11) is 0. The van der Waals surface area contributed by atoms with Gasteiger partial charge in [-0.25, -0.2) is 0 Å². The van der Waals surface area contributed by atoms with Crippen molar-refractivity contribution in [1.29, 1.82) is 0 Å². The van der Waals surface area contributed by atoms with Gasteiger partial charge in [0.2, 0.25) is 5.91 Å². The van der Waals surface area contributed by atoms with E-state index in [9.17, 15) is 14.7 Å². The van der Waals surface area contributed by atoms with Crippen LogP contribution in [0.5, 0.6) is 0 Å².